The summed E-state index contributed by atoms with van der Waals surface area (Å²) in [6, 6.07) is 16.2. The molecular formula is C19H22N2O3S. The number of hydrogen-bond acceptors (Lipinski definition) is 4. The summed E-state index contributed by atoms with van der Waals surface area (Å²) in [5, 5.41) is 0. The van der Waals surface area contributed by atoms with E-state index in [0.717, 1.165) is 5.56 Å². The molecule has 132 valence electrons. The van der Waals surface area contributed by atoms with Crippen LogP contribution in [-0.2, 0) is 10.0 Å². The molecule has 1 heterocycles. The summed E-state index contributed by atoms with van der Waals surface area (Å²) in [5.41, 5.74) is 1.62. The van der Waals surface area contributed by atoms with E-state index < -0.39 is 10.0 Å². The molecule has 0 bridgehead atoms. The van der Waals surface area contributed by atoms with Crippen molar-refractivity contribution < 1.29 is 13.2 Å². The fraction of sp³-hybridized carbons (Fsp3) is 0.316. The first-order valence-electron chi connectivity index (χ1n) is 8.34. The zero-order chi connectivity index (χ0) is 17.9. The number of ketones is 1. The van der Waals surface area contributed by atoms with Gasteiger partial charge in [-0.3, -0.25) is 9.69 Å². The maximum absolute atomic E-state index is 12.7. The van der Waals surface area contributed by atoms with Crippen LogP contribution in [0.2, 0.25) is 0 Å². The van der Waals surface area contributed by atoms with E-state index >= 15 is 0 Å². The Bertz CT molecular complexity index is 842. The van der Waals surface area contributed by atoms with Crippen molar-refractivity contribution in [1.29, 1.82) is 0 Å². The Morgan fingerprint density at radius 2 is 1.64 bits per heavy atom. The molecule has 0 unspecified atom stereocenters. The van der Waals surface area contributed by atoms with Crippen molar-refractivity contribution in [2.75, 3.05) is 32.7 Å². The van der Waals surface area contributed by atoms with Gasteiger partial charge in [-0.2, -0.15) is 4.31 Å². The van der Waals surface area contributed by atoms with E-state index in [1.54, 1.807) is 30.3 Å². The normalized spacial score (nSPS) is 16.7. The van der Waals surface area contributed by atoms with Gasteiger partial charge in [-0.15, -0.1) is 0 Å². The first-order valence-corrected chi connectivity index (χ1v) is 9.78. The van der Waals surface area contributed by atoms with Crippen molar-refractivity contribution in [2.45, 2.75) is 11.8 Å². The van der Waals surface area contributed by atoms with Crippen molar-refractivity contribution in [2.24, 2.45) is 0 Å². The molecule has 2 aromatic carbocycles. The van der Waals surface area contributed by atoms with Gasteiger partial charge in [0.2, 0.25) is 10.0 Å². The van der Waals surface area contributed by atoms with E-state index in [1.807, 2.05) is 36.1 Å². The first-order chi connectivity index (χ1) is 12.0. The number of piperazine rings is 1. The van der Waals surface area contributed by atoms with Crippen molar-refractivity contribution in [3.05, 3.63) is 65.7 Å². The van der Waals surface area contributed by atoms with Gasteiger partial charge in [0.05, 0.1) is 11.4 Å². The molecule has 1 aliphatic heterocycles. The predicted octanol–water partition coefficient (Wildman–Crippen LogP) is 2.18. The highest BCUT2D eigenvalue weighted by Gasteiger charge is 2.29. The van der Waals surface area contributed by atoms with Crippen molar-refractivity contribution in [1.82, 2.24) is 9.21 Å². The number of aryl methyl sites for hydroxylation is 1. The third kappa shape index (κ3) is 4.15. The average Bonchev–Trinajstić information content (AvgIpc) is 2.63. The second kappa shape index (κ2) is 7.47. The Hall–Kier alpha value is -2.02. The second-order valence-corrected chi connectivity index (χ2v) is 8.22. The van der Waals surface area contributed by atoms with Crippen LogP contribution in [-0.4, -0.2) is 56.1 Å². The molecule has 0 saturated carbocycles. The summed E-state index contributed by atoms with van der Waals surface area (Å²) in [6.07, 6.45) is 0. The van der Waals surface area contributed by atoms with Crippen molar-refractivity contribution >= 4 is 15.8 Å². The molecule has 5 nitrogen and oxygen atoms in total. The lowest BCUT2D eigenvalue weighted by Gasteiger charge is -2.33. The van der Waals surface area contributed by atoms with Crippen LogP contribution in [0.5, 0.6) is 0 Å². The van der Waals surface area contributed by atoms with Crippen LogP contribution in [0.25, 0.3) is 0 Å². The molecule has 2 aromatic rings. The van der Waals surface area contributed by atoms with Gasteiger partial charge in [-0.05, 0) is 24.6 Å². The van der Waals surface area contributed by atoms with Gasteiger partial charge < -0.3 is 0 Å². The van der Waals surface area contributed by atoms with Gasteiger partial charge in [0.15, 0.2) is 5.78 Å². The molecule has 0 spiro atoms. The lowest BCUT2D eigenvalue weighted by Crippen LogP contribution is -2.49. The maximum Gasteiger partial charge on any atom is 0.243 e. The van der Waals surface area contributed by atoms with Gasteiger partial charge in [-0.1, -0.05) is 42.5 Å². The molecule has 0 aromatic heterocycles. The van der Waals surface area contributed by atoms with Gasteiger partial charge >= 0.3 is 0 Å². The summed E-state index contributed by atoms with van der Waals surface area (Å²) in [6.45, 7) is 4.12. The zero-order valence-electron chi connectivity index (χ0n) is 14.3. The minimum Gasteiger partial charge on any atom is -0.293 e. The number of benzene rings is 2. The molecule has 3 rings (SSSR count). The van der Waals surface area contributed by atoms with E-state index in [2.05, 4.69) is 0 Å². The molecule has 1 fully saturated rings. The summed E-state index contributed by atoms with van der Waals surface area (Å²) in [4.78, 5) is 14.6. The molecule has 0 radical (unpaired) electrons. The largest absolute Gasteiger partial charge is 0.293 e. The Balaban J connectivity index is 1.61. The highest BCUT2D eigenvalue weighted by Crippen LogP contribution is 2.18. The molecule has 0 atom stereocenters. The Labute approximate surface area is 148 Å². The molecule has 25 heavy (non-hydrogen) atoms. The number of Topliss-reactive ketones (excluding diaryl/α,β-unsaturated/α-hetero) is 1. The van der Waals surface area contributed by atoms with Crippen LogP contribution < -0.4 is 0 Å². The van der Waals surface area contributed by atoms with E-state index in [0.29, 0.717) is 43.2 Å². The Morgan fingerprint density at radius 3 is 2.28 bits per heavy atom. The molecule has 6 heteroatoms. The molecule has 0 amide bonds. The summed E-state index contributed by atoms with van der Waals surface area (Å²) >= 11 is 0. The van der Waals surface area contributed by atoms with Crippen molar-refractivity contribution in [3.8, 4) is 0 Å². The number of carbonyl (C=O) groups is 1. The highest BCUT2D eigenvalue weighted by molar-refractivity contribution is 7.89. The minimum atomic E-state index is -3.47. The number of sulfonamides is 1. The molecule has 0 N–H and O–H groups in total. The first kappa shape index (κ1) is 17.8. The molecule has 1 aliphatic rings. The second-order valence-electron chi connectivity index (χ2n) is 6.29. The monoisotopic (exact) mass is 358 g/mol. The van der Waals surface area contributed by atoms with E-state index in [9.17, 15) is 13.2 Å². The maximum atomic E-state index is 12.7. The highest BCUT2D eigenvalue weighted by atomic mass is 32.2. The minimum absolute atomic E-state index is 0.0654. The predicted molar refractivity (Wildman–Crippen MR) is 97.2 cm³/mol. The van der Waals surface area contributed by atoms with Crippen LogP contribution in [0.3, 0.4) is 0 Å². The molecular weight excluding hydrogens is 336 g/mol. The van der Waals surface area contributed by atoms with Gasteiger partial charge in [0.1, 0.15) is 0 Å². The lowest BCUT2D eigenvalue weighted by atomic mass is 10.1. The fourth-order valence-corrected chi connectivity index (χ4v) is 4.50. The molecule has 0 aliphatic carbocycles. The number of rotatable bonds is 5. The van der Waals surface area contributed by atoms with Gasteiger partial charge in [0.25, 0.3) is 0 Å². The smallest absolute Gasteiger partial charge is 0.243 e. The number of carbonyl (C=O) groups excluding carboxylic acids is 1. The number of hydrogen-bond donors (Lipinski definition) is 0. The topological polar surface area (TPSA) is 57.7 Å². The SMILES string of the molecule is Cc1cccc(S(=O)(=O)N2CCN(CC(=O)c3ccccc3)CC2)c1. The molecule has 1 saturated heterocycles. The van der Waals surface area contributed by atoms with Gasteiger partial charge in [-0.25, -0.2) is 8.42 Å². The summed E-state index contributed by atoms with van der Waals surface area (Å²) < 4.78 is 27.0. The van der Waals surface area contributed by atoms with E-state index in [-0.39, 0.29) is 5.78 Å². The third-order valence-corrected chi connectivity index (χ3v) is 6.32. The third-order valence-electron chi connectivity index (χ3n) is 4.42. The fourth-order valence-electron chi connectivity index (χ4n) is 2.97. The summed E-state index contributed by atoms with van der Waals surface area (Å²) in [7, 11) is -3.47. The van der Waals surface area contributed by atoms with Crippen LogP contribution in [0.15, 0.2) is 59.5 Å². The quantitative estimate of drug-likeness (QED) is 0.769. The van der Waals surface area contributed by atoms with Crippen LogP contribution in [0.4, 0.5) is 0 Å². The van der Waals surface area contributed by atoms with Crippen molar-refractivity contribution in [3.63, 3.8) is 0 Å². The Morgan fingerprint density at radius 1 is 0.960 bits per heavy atom. The standard InChI is InChI=1S/C19H22N2O3S/c1-16-6-5-9-18(14-16)25(23,24)21-12-10-20(11-13-21)15-19(22)17-7-3-2-4-8-17/h2-9,14H,10-13,15H2,1H3. The van der Waals surface area contributed by atoms with Crippen LogP contribution >= 0.6 is 0 Å². The van der Waals surface area contributed by atoms with Gasteiger partial charge in [0, 0.05) is 31.7 Å². The van der Waals surface area contributed by atoms with E-state index in [1.165, 1.54) is 4.31 Å². The lowest BCUT2D eigenvalue weighted by molar-refractivity contribution is 0.0901. The van der Waals surface area contributed by atoms with Crippen LogP contribution in [0.1, 0.15) is 15.9 Å². The average molecular weight is 358 g/mol. The summed E-state index contributed by atoms with van der Waals surface area (Å²) in [5.74, 6) is 0.0654. The van der Waals surface area contributed by atoms with Crippen LogP contribution in [0, 0.1) is 6.92 Å². The zero-order valence-corrected chi connectivity index (χ0v) is 15.1. The van der Waals surface area contributed by atoms with E-state index in [4.69, 9.17) is 0 Å². The Kier molecular flexibility index (Phi) is 5.32. The number of nitrogens with zero attached hydrogens (tertiary/aromatic N) is 2.